The molecule has 0 aliphatic carbocycles. The van der Waals surface area contributed by atoms with Crippen LogP contribution in [0.15, 0.2) is 30.3 Å². The number of hydrogen-bond donors (Lipinski definition) is 1. The summed E-state index contributed by atoms with van der Waals surface area (Å²) in [6.45, 7) is 3.34. The summed E-state index contributed by atoms with van der Waals surface area (Å²) >= 11 is 0. The first-order valence-electron chi connectivity index (χ1n) is 8.00. The van der Waals surface area contributed by atoms with Gasteiger partial charge in [0.25, 0.3) is 5.91 Å². The van der Waals surface area contributed by atoms with Crippen LogP contribution >= 0.6 is 0 Å². The molecule has 0 radical (unpaired) electrons. The summed E-state index contributed by atoms with van der Waals surface area (Å²) < 4.78 is 5.55. The number of ether oxygens (including phenoxy) is 1. The van der Waals surface area contributed by atoms with Gasteiger partial charge >= 0.3 is 0 Å². The summed E-state index contributed by atoms with van der Waals surface area (Å²) in [5.41, 5.74) is 1.32. The van der Waals surface area contributed by atoms with Crippen molar-refractivity contribution in [2.75, 3.05) is 26.2 Å². The fraction of sp³-hybridized carbons (Fsp3) is 0.588. The van der Waals surface area contributed by atoms with Gasteiger partial charge in [0, 0.05) is 25.7 Å². The van der Waals surface area contributed by atoms with Crippen LogP contribution in [0.5, 0.6) is 0 Å². The van der Waals surface area contributed by atoms with E-state index in [1.54, 1.807) is 0 Å². The molecule has 1 amide bonds. The number of amides is 1. The second-order valence-electron chi connectivity index (χ2n) is 5.98. The van der Waals surface area contributed by atoms with E-state index in [1.807, 2.05) is 11.0 Å². The molecule has 1 N–H and O–H groups in total. The van der Waals surface area contributed by atoms with Crippen LogP contribution in [-0.4, -0.2) is 49.2 Å². The zero-order chi connectivity index (χ0) is 14.5. The molecule has 2 heterocycles. The molecule has 2 aliphatic rings. The minimum absolute atomic E-state index is 0.189. The van der Waals surface area contributed by atoms with E-state index in [1.165, 1.54) is 5.56 Å². The molecule has 2 saturated heterocycles. The lowest BCUT2D eigenvalue weighted by Gasteiger charge is -2.26. The van der Waals surface area contributed by atoms with E-state index in [9.17, 15) is 4.79 Å². The number of benzene rings is 1. The van der Waals surface area contributed by atoms with E-state index in [0.717, 1.165) is 51.9 Å². The molecule has 2 unspecified atom stereocenters. The van der Waals surface area contributed by atoms with Crippen molar-refractivity contribution in [3.63, 3.8) is 0 Å². The zero-order valence-electron chi connectivity index (χ0n) is 12.5. The third-order valence-electron chi connectivity index (χ3n) is 4.32. The van der Waals surface area contributed by atoms with Crippen molar-refractivity contribution in [1.29, 1.82) is 0 Å². The second-order valence-corrected chi connectivity index (χ2v) is 5.98. The number of carbonyl (C=O) groups is 1. The van der Waals surface area contributed by atoms with E-state index in [2.05, 4.69) is 29.6 Å². The predicted octanol–water partition coefficient (Wildman–Crippen LogP) is 1.60. The Morgan fingerprint density at radius 1 is 1.29 bits per heavy atom. The van der Waals surface area contributed by atoms with Gasteiger partial charge in [-0.05, 0) is 37.8 Å². The SMILES string of the molecule is O=C(C1CCCO1)N1CCCNC(Cc2ccccc2)C1. The van der Waals surface area contributed by atoms with Gasteiger partial charge in [0.2, 0.25) is 0 Å². The molecular formula is C17H24N2O2. The van der Waals surface area contributed by atoms with Crippen LogP contribution < -0.4 is 5.32 Å². The highest BCUT2D eigenvalue weighted by molar-refractivity contribution is 5.81. The molecule has 4 nitrogen and oxygen atoms in total. The molecule has 4 heteroatoms. The number of rotatable bonds is 3. The van der Waals surface area contributed by atoms with Gasteiger partial charge in [0.05, 0.1) is 0 Å². The topological polar surface area (TPSA) is 41.6 Å². The molecule has 2 atom stereocenters. The van der Waals surface area contributed by atoms with E-state index in [4.69, 9.17) is 4.74 Å². The van der Waals surface area contributed by atoms with Crippen LogP contribution in [0, 0.1) is 0 Å². The highest BCUT2D eigenvalue weighted by Crippen LogP contribution is 2.16. The number of carbonyl (C=O) groups excluding carboxylic acids is 1. The van der Waals surface area contributed by atoms with Crippen molar-refractivity contribution in [1.82, 2.24) is 10.2 Å². The van der Waals surface area contributed by atoms with Crippen LogP contribution in [-0.2, 0) is 16.0 Å². The fourth-order valence-electron chi connectivity index (χ4n) is 3.21. The summed E-state index contributed by atoms with van der Waals surface area (Å²) in [6, 6.07) is 10.8. The molecule has 1 aromatic rings. The van der Waals surface area contributed by atoms with Gasteiger partial charge in [-0.3, -0.25) is 4.79 Å². The third-order valence-corrected chi connectivity index (χ3v) is 4.32. The van der Waals surface area contributed by atoms with Crippen molar-refractivity contribution >= 4 is 5.91 Å². The van der Waals surface area contributed by atoms with Gasteiger partial charge in [-0.2, -0.15) is 0 Å². The maximum Gasteiger partial charge on any atom is 0.251 e. The molecular weight excluding hydrogens is 264 g/mol. The minimum atomic E-state index is -0.194. The molecule has 3 rings (SSSR count). The van der Waals surface area contributed by atoms with Gasteiger partial charge in [0.15, 0.2) is 0 Å². The Kier molecular flexibility index (Phi) is 4.88. The molecule has 0 aromatic heterocycles. The van der Waals surface area contributed by atoms with E-state index in [-0.39, 0.29) is 12.0 Å². The Morgan fingerprint density at radius 3 is 2.90 bits per heavy atom. The van der Waals surface area contributed by atoms with E-state index in [0.29, 0.717) is 6.04 Å². The number of nitrogens with zero attached hydrogens (tertiary/aromatic N) is 1. The van der Waals surface area contributed by atoms with Crippen molar-refractivity contribution in [3.8, 4) is 0 Å². The van der Waals surface area contributed by atoms with Crippen LogP contribution in [0.25, 0.3) is 0 Å². The Morgan fingerprint density at radius 2 is 2.14 bits per heavy atom. The molecule has 21 heavy (non-hydrogen) atoms. The van der Waals surface area contributed by atoms with Gasteiger partial charge in [-0.1, -0.05) is 30.3 Å². The summed E-state index contributed by atoms with van der Waals surface area (Å²) in [6.07, 6.45) is 3.68. The average Bonchev–Trinajstić information content (AvgIpc) is 2.95. The Labute approximate surface area is 126 Å². The fourth-order valence-corrected chi connectivity index (χ4v) is 3.21. The molecule has 2 aliphatic heterocycles. The first-order chi connectivity index (χ1) is 10.3. The summed E-state index contributed by atoms with van der Waals surface area (Å²) in [5, 5.41) is 3.57. The Hall–Kier alpha value is -1.39. The van der Waals surface area contributed by atoms with Crippen LogP contribution in [0.4, 0.5) is 0 Å². The number of nitrogens with one attached hydrogen (secondary N) is 1. The largest absolute Gasteiger partial charge is 0.368 e. The standard InChI is InChI=1S/C17H24N2O2/c20-17(16-8-4-11-21-16)19-10-5-9-18-15(13-19)12-14-6-2-1-3-7-14/h1-3,6-7,15-16,18H,4-5,8-13H2. The van der Waals surface area contributed by atoms with Gasteiger partial charge < -0.3 is 15.0 Å². The molecule has 2 fully saturated rings. The Bertz CT molecular complexity index is 457. The molecule has 0 bridgehead atoms. The van der Waals surface area contributed by atoms with E-state index >= 15 is 0 Å². The molecule has 114 valence electrons. The Balaban J connectivity index is 1.61. The average molecular weight is 288 g/mol. The van der Waals surface area contributed by atoms with Crippen LogP contribution in [0.1, 0.15) is 24.8 Å². The number of hydrogen-bond acceptors (Lipinski definition) is 3. The molecule has 0 spiro atoms. The highest BCUT2D eigenvalue weighted by Gasteiger charge is 2.30. The normalized spacial score (nSPS) is 26.6. The van der Waals surface area contributed by atoms with Crippen LogP contribution in [0.3, 0.4) is 0 Å². The van der Waals surface area contributed by atoms with E-state index < -0.39 is 0 Å². The minimum Gasteiger partial charge on any atom is -0.368 e. The second kappa shape index (κ2) is 7.05. The van der Waals surface area contributed by atoms with Crippen LogP contribution in [0.2, 0.25) is 0 Å². The van der Waals surface area contributed by atoms with Gasteiger partial charge in [-0.15, -0.1) is 0 Å². The maximum atomic E-state index is 12.5. The van der Waals surface area contributed by atoms with Gasteiger partial charge in [0.1, 0.15) is 6.10 Å². The van der Waals surface area contributed by atoms with Crippen molar-refractivity contribution < 1.29 is 9.53 Å². The first-order valence-corrected chi connectivity index (χ1v) is 8.00. The lowest BCUT2D eigenvalue weighted by atomic mass is 10.1. The lowest BCUT2D eigenvalue weighted by Crippen LogP contribution is -2.45. The quantitative estimate of drug-likeness (QED) is 0.918. The third kappa shape index (κ3) is 3.83. The maximum absolute atomic E-state index is 12.5. The summed E-state index contributed by atoms with van der Waals surface area (Å²) in [4.78, 5) is 14.5. The van der Waals surface area contributed by atoms with Crippen molar-refractivity contribution in [2.24, 2.45) is 0 Å². The van der Waals surface area contributed by atoms with Crippen molar-refractivity contribution in [3.05, 3.63) is 35.9 Å². The smallest absolute Gasteiger partial charge is 0.251 e. The molecule has 1 aromatic carbocycles. The summed E-state index contributed by atoms with van der Waals surface area (Å²) in [5.74, 6) is 0.189. The van der Waals surface area contributed by atoms with Crippen molar-refractivity contribution in [2.45, 2.75) is 37.8 Å². The van der Waals surface area contributed by atoms with Gasteiger partial charge in [-0.25, -0.2) is 0 Å². The first kappa shape index (κ1) is 14.5. The lowest BCUT2D eigenvalue weighted by molar-refractivity contribution is -0.141. The zero-order valence-corrected chi connectivity index (χ0v) is 12.5. The predicted molar refractivity (Wildman–Crippen MR) is 82.1 cm³/mol. The monoisotopic (exact) mass is 288 g/mol. The highest BCUT2D eigenvalue weighted by atomic mass is 16.5. The summed E-state index contributed by atoms with van der Waals surface area (Å²) in [7, 11) is 0. The molecule has 0 saturated carbocycles.